The van der Waals surface area contributed by atoms with E-state index in [1.165, 1.54) is 0 Å². The number of rotatable bonds is 2. The van der Waals surface area contributed by atoms with E-state index in [9.17, 15) is 0 Å². The highest BCUT2D eigenvalue weighted by molar-refractivity contribution is 6.31. The highest BCUT2D eigenvalue weighted by Gasteiger charge is 2.15. The number of hydrogen-bond donors (Lipinski definition) is 1. The summed E-state index contributed by atoms with van der Waals surface area (Å²) in [6.07, 6.45) is 0. The normalized spacial score (nSPS) is 12.5. The van der Waals surface area contributed by atoms with Gasteiger partial charge in [-0.15, -0.1) is 0 Å². The van der Waals surface area contributed by atoms with Gasteiger partial charge in [0.25, 0.3) is 0 Å². The fourth-order valence-electron chi connectivity index (χ4n) is 2.25. The highest BCUT2D eigenvalue weighted by atomic mass is 35.5. The van der Waals surface area contributed by atoms with E-state index in [2.05, 4.69) is 6.07 Å². The number of aryl methyl sites for hydroxylation is 3. The molecule has 0 saturated carbocycles. The van der Waals surface area contributed by atoms with Crippen LogP contribution in [-0.2, 0) is 0 Å². The van der Waals surface area contributed by atoms with Gasteiger partial charge in [-0.2, -0.15) is 0 Å². The second-order valence-electron chi connectivity index (χ2n) is 4.94. The lowest BCUT2D eigenvalue weighted by Gasteiger charge is -2.19. The molecular weight excluding hydrogens is 277 g/mol. The van der Waals surface area contributed by atoms with Crippen LogP contribution >= 0.6 is 23.2 Å². The molecule has 0 heterocycles. The lowest BCUT2D eigenvalue weighted by Crippen LogP contribution is -2.15. The zero-order valence-corrected chi connectivity index (χ0v) is 12.8. The van der Waals surface area contributed by atoms with Crippen LogP contribution in [0.15, 0.2) is 30.3 Å². The van der Waals surface area contributed by atoms with Crippen molar-refractivity contribution < 1.29 is 0 Å². The molecule has 2 aromatic rings. The Balaban J connectivity index is 2.52. The van der Waals surface area contributed by atoms with Crippen molar-refractivity contribution in [1.82, 2.24) is 0 Å². The number of nitrogens with two attached hydrogens (primary N) is 1. The Kier molecular flexibility index (Phi) is 4.19. The second-order valence-corrected chi connectivity index (χ2v) is 5.78. The first-order valence-corrected chi connectivity index (χ1v) is 6.94. The Hall–Kier alpha value is -1.02. The predicted molar refractivity (Wildman–Crippen MR) is 83.1 cm³/mol. The van der Waals surface area contributed by atoms with Crippen LogP contribution in [0.4, 0.5) is 0 Å². The molecule has 3 heteroatoms. The van der Waals surface area contributed by atoms with E-state index in [0.29, 0.717) is 5.02 Å². The summed E-state index contributed by atoms with van der Waals surface area (Å²) in [5, 5.41) is 1.48. The summed E-state index contributed by atoms with van der Waals surface area (Å²) in [7, 11) is 0. The van der Waals surface area contributed by atoms with E-state index < -0.39 is 0 Å². The average Bonchev–Trinajstić information content (AvgIpc) is 2.36. The number of hydrogen-bond acceptors (Lipinski definition) is 1. The minimum Gasteiger partial charge on any atom is -0.320 e. The minimum atomic E-state index is -0.185. The smallest absolute Gasteiger partial charge is 0.0557 e. The summed E-state index contributed by atoms with van der Waals surface area (Å²) in [4.78, 5) is 0. The summed E-state index contributed by atoms with van der Waals surface area (Å²) in [6.45, 7) is 6.06. The molecule has 2 N–H and O–H groups in total. The van der Waals surface area contributed by atoms with Crippen molar-refractivity contribution in [3.05, 3.63) is 68.2 Å². The van der Waals surface area contributed by atoms with Crippen molar-refractivity contribution >= 4 is 23.2 Å². The molecule has 0 aliphatic rings. The zero-order valence-electron chi connectivity index (χ0n) is 11.3. The molecule has 0 fully saturated rings. The Bertz CT molecular complexity index is 620. The molecule has 2 rings (SSSR count). The molecule has 0 radical (unpaired) electrons. The number of halogens is 2. The van der Waals surface area contributed by atoms with Gasteiger partial charge in [-0.1, -0.05) is 35.3 Å². The van der Waals surface area contributed by atoms with Gasteiger partial charge in [0.1, 0.15) is 0 Å². The molecule has 0 spiro atoms. The second kappa shape index (κ2) is 5.54. The summed E-state index contributed by atoms with van der Waals surface area (Å²) < 4.78 is 0. The molecule has 0 aliphatic heterocycles. The highest BCUT2D eigenvalue weighted by Crippen LogP contribution is 2.30. The summed E-state index contributed by atoms with van der Waals surface area (Å²) in [5.41, 5.74) is 11.8. The first kappa shape index (κ1) is 14.4. The summed E-state index contributed by atoms with van der Waals surface area (Å²) >= 11 is 12.2. The lowest BCUT2D eigenvalue weighted by molar-refractivity contribution is 0.851. The molecule has 1 atom stereocenters. The van der Waals surface area contributed by atoms with Crippen LogP contribution in [0, 0.1) is 20.8 Å². The molecule has 19 heavy (non-hydrogen) atoms. The van der Waals surface area contributed by atoms with Crippen molar-refractivity contribution in [3.8, 4) is 0 Å². The van der Waals surface area contributed by atoms with E-state index in [1.54, 1.807) is 0 Å². The number of benzene rings is 2. The molecule has 0 aromatic heterocycles. The molecule has 0 bridgehead atoms. The molecule has 0 aliphatic carbocycles. The topological polar surface area (TPSA) is 26.0 Å². The van der Waals surface area contributed by atoms with Crippen LogP contribution in [-0.4, -0.2) is 0 Å². The summed E-state index contributed by atoms with van der Waals surface area (Å²) in [6, 6.07) is 9.65. The molecule has 2 aromatic carbocycles. The van der Waals surface area contributed by atoms with E-state index in [1.807, 2.05) is 45.0 Å². The van der Waals surface area contributed by atoms with Crippen molar-refractivity contribution in [2.24, 2.45) is 5.73 Å². The minimum absolute atomic E-state index is 0.185. The van der Waals surface area contributed by atoms with E-state index in [0.717, 1.165) is 32.8 Å². The largest absolute Gasteiger partial charge is 0.320 e. The van der Waals surface area contributed by atoms with Crippen LogP contribution in [0.3, 0.4) is 0 Å². The first-order valence-electron chi connectivity index (χ1n) is 6.18. The Morgan fingerprint density at radius 2 is 1.47 bits per heavy atom. The molecule has 1 unspecified atom stereocenters. The molecular formula is C16H17Cl2N. The van der Waals surface area contributed by atoms with Crippen LogP contribution in [0.1, 0.15) is 33.9 Å². The zero-order chi connectivity index (χ0) is 14.2. The fourth-order valence-corrected chi connectivity index (χ4v) is 2.65. The van der Waals surface area contributed by atoms with Crippen molar-refractivity contribution in [3.63, 3.8) is 0 Å². The van der Waals surface area contributed by atoms with Gasteiger partial charge >= 0.3 is 0 Å². The maximum absolute atomic E-state index is 6.40. The quantitative estimate of drug-likeness (QED) is 0.831. The van der Waals surface area contributed by atoms with Gasteiger partial charge in [0, 0.05) is 10.0 Å². The lowest BCUT2D eigenvalue weighted by atomic mass is 9.92. The Morgan fingerprint density at radius 1 is 0.842 bits per heavy atom. The Morgan fingerprint density at radius 3 is 2.16 bits per heavy atom. The van der Waals surface area contributed by atoms with Crippen LogP contribution in [0.25, 0.3) is 0 Å². The maximum atomic E-state index is 6.40. The van der Waals surface area contributed by atoms with Gasteiger partial charge in [0.15, 0.2) is 0 Å². The van der Waals surface area contributed by atoms with E-state index >= 15 is 0 Å². The molecule has 0 saturated heterocycles. The van der Waals surface area contributed by atoms with Gasteiger partial charge in [0.05, 0.1) is 6.04 Å². The molecule has 100 valence electrons. The SMILES string of the molecule is Cc1cc(C(N)c2cc(Cl)ccc2C)c(C)cc1Cl. The van der Waals surface area contributed by atoms with Crippen LogP contribution < -0.4 is 5.73 Å². The third kappa shape index (κ3) is 2.94. The van der Waals surface area contributed by atoms with Crippen LogP contribution in [0.2, 0.25) is 10.0 Å². The third-order valence-electron chi connectivity index (χ3n) is 3.46. The fraction of sp³-hybridized carbons (Fsp3) is 0.250. The van der Waals surface area contributed by atoms with Gasteiger partial charge in [-0.05, 0) is 66.8 Å². The van der Waals surface area contributed by atoms with Crippen LogP contribution in [0.5, 0.6) is 0 Å². The monoisotopic (exact) mass is 293 g/mol. The van der Waals surface area contributed by atoms with Gasteiger partial charge < -0.3 is 5.73 Å². The third-order valence-corrected chi connectivity index (χ3v) is 4.10. The van der Waals surface area contributed by atoms with Crippen molar-refractivity contribution in [2.45, 2.75) is 26.8 Å². The average molecular weight is 294 g/mol. The maximum Gasteiger partial charge on any atom is 0.0557 e. The summed E-state index contributed by atoms with van der Waals surface area (Å²) in [5.74, 6) is 0. The molecule has 0 amide bonds. The van der Waals surface area contributed by atoms with E-state index in [4.69, 9.17) is 28.9 Å². The standard InChI is InChI=1S/C16H17Cl2N/c1-9-4-5-12(17)8-14(9)16(19)13-6-11(3)15(18)7-10(13)2/h4-8,16H,19H2,1-3H3. The van der Waals surface area contributed by atoms with Gasteiger partial charge in [0.2, 0.25) is 0 Å². The van der Waals surface area contributed by atoms with Crippen molar-refractivity contribution in [1.29, 1.82) is 0 Å². The van der Waals surface area contributed by atoms with Crippen molar-refractivity contribution in [2.75, 3.05) is 0 Å². The van der Waals surface area contributed by atoms with E-state index in [-0.39, 0.29) is 6.04 Å². The Labute approximate surface area is 124 Å². The first-order chi connectivity index (χ1) is 8.90. The molecule has 1 nitrogen and oxygen atoms in total. The predicted octanol–water partition coefficient (Wildman–Crippen LogP) is 4.97. The van der Waals surface area contributed by atoms with Gasteiger partial charge in [-0.25, -0.2) is 0 Å². The van der Waals surface area contributed by atoms with Gasteiger partial charge in [-0.3, -0.25) is 0 Å².